The zero-order chi connectivity index (χ0) is 18.4. The summed E-state index contributed by atoms with van der Waals surface area (Å²) in [6, 6.07) is 18.2. The van der Waals surface area contributed by atoms with Crippen molar-refractivity contribution in [3.63, 3.8) is 0 Å². The van der Waals surface area contributed by atoms with E-state index in [-0.39, 0.29) is 5.91 Å². The summed E-state index contributed by atoms with van der Waals surface area (Å²) in [7, 11) is 0. The molecular formula is C21H24N4O. The number of anilines is 1. The number of nitrogens with one attached hydrogen (secondary N) is 1. The number of benzene rings is 2. The number of piperazine rings is 1. The summed E-state index contributed by atoms with van der Waals surface area (Å²) in [5.41, 5.74) is 4.22. The summed E-state index contributed by atoms with van der Waals surface area (Å²) in [6.45, 7) is 6.65. The van der Waals surface area contributed by atoms with Crippen molar-refractivity contribution in [3.05, 3.63) is 65.2 Å². The zero-order valence-corrected chi connectivity index (χ0v) is 15.1. The van der Waals surface area contributed by atoms with Crippen molar-refractivity contribution in [1.82, 2.24) is 9.80 Å². The van der Waals surface area contributed by atoms with Gasteiger partial charge in [0.05, 0.1) is 11.6 Å². The van der Waals surface area contributed by atoms with E-state index in [1.165, 1.54) is 5.56 Å². The van der Waals surface area contributed by atoms with Crippen molar-refractivity contribution in [1.29, 1.82) is 5.26 Å². The third kappa shape index (κ3) is 4.62. The van der Waals surface area contributed by atoms with E-state index in [0.29, 0.717) is 5.56 Å². The molecular weight excluding hydrogens is 324 g/mol. The van der Waals surface area contributed by atoms with Crippen LogP contribution in [0.25, 0.3) is 0 Å². The Bertz CT molecular complexity index is 786. The lowest BCUT2D eigenvalue weighted by atomic mass is 10.1. The van der Waals surface area contributed by atoms with Crippen LogP contribution in [-0.4, -0.2) is 41.9 Å². The SMILES string of the molecule is CC(=O)N1CCN(Cc2ccccc2NCc2ccc(C#N)cc2)CC1. The number of rotatable bonds is 5. The van der Waals surface area contributed by atoms with Crippen molar-refractivity contribution < 1.29 is 4.79 Å². The summed E-state index contributed by atoms with van der Waals surface area (Å²) in [5, 5.41) is 12.4. The van der Waals surface area contributed by atoms with Gasteiger partial charge in [0.15, 0.2) is 0 Å². The lowest BCUT2D eigenvalue weighted by Crippen LogP contribution is -2.47. The molecule has 0 unspecified atom stereocenters. The molecule has 0 aliphatic carbocycles. The molecule has 1 saturated heterocycles. The predicted octanol–water partition coefficient (Wildman–Crippen LogP) is 2.83. The number of amides is 1. The first-order valence-corrected chi connectivity index (χ1v) is 8.94. The summed E-state index contributed by atoms with van der Waals surface area (Å²) in [4.78, 5) is 15.8. The lowest BCUT2D eigenvalue weighted by Gasteiger charge is -2.34. The van der Waals surface area contributed by atoms with Crippen LogP contribution in [0.1, 0.15) is 23.6 Å². The van der Waals surface area contributed by atoms with Crippen molar-refractivity contribution in [3.8, 4) is 6.07 Å². The Hall–Kier alpha value is -2.84. The van der Waals surface area contributed by atoms with Gasteiger partial charge in [0, 0.05) is 51.9 Å². The maximum atomic E-state index is 11.5. The molecule has 134 valence electrons. The Morgan fingerprint density at radius 3 is 2.42 bits per heavy atom. The van der Waals surface area contributed by atoms with E-state index in [2.05, 4.69) is 34.5 Å². The molecule has 1 aliphatic rings. The topological polar surface area (TPSA) is 59.4 Å². The highest BCUT2D eigenvalue weighted by molar-refractivity contribution is 5.73. The van der Waals surface area contributed by atoms with Crippen LogP contribution in [0.2, 0.25) is 0 Å². The van der Waals surface area contributed by atoms with Crippen LogP contribution in [0.3, 0.4) is 0 Å². The molecule has 26 heavy (non-hydrogen) atoms. The number of para-hydroxylation sites is 1. The standard InChI is InChI=1S/C21H24N4O/c1-17(26)25-12-10-24(11-13-25)16-20-4-2-3-5-21(20)23-15-19-8-6-18(14-22)7-9-19/h2-9,23H,10-13,15-16H2,1H3. The highest BCUT2D eigenvalue weighted by atomic mass is 16.2. The number of hydrogen-bond acceptors (Lipinski definition) is 4. The van der Waals surface area contributed by atoms with Crippen molar-refractivity contribution in [2.24, 2.45) is 0 Å². The van der Waals surface area contributed by atoms with Gasteiger partial charge in [-0.2, -0.15) is 5.26 Å². The van der Waals surface area contributed by atoms with Gasteiger partial charge in [-0.05, 0) is 29.3 Å². The molecule has 1 fully saturated rings. The van der Waals surface area contributed by atoms with Gasteiger partial charge >= 0.3 is 0 Å². The number of hydrogen-bond donors (Lipinski definition) is 1. The fourth-order valence-corrected chi connectivity index (χ4v) is 3.19. The second kappa shape index (κ2) is 8.50. The number of carbonyl (C=O) groups excluding carboxylic acids is 1. The summed E-state index contributed by atoms with van der Waals surface area (Å²) in [6.07, 6.45) is 0. The highest BCUT2D eigenvalue weighted by Crippen LogP contribution is 2.19. The van der Waals surface area contributed by atoms with Crippen LogP contribution < -0.4 is 5.32 Å². The molecule has 1 amide bonds. The largest absolute Gasteiger partial charge is 0.381 e. The molecule has 5 nitrogen and oxygen atoms in total. The van der Waals surface area contributed by atoms with Crippen molar-refractivity contribution in [2.75, 3.05) is 31.5 Å². The van der Waals surface area contributed by atoms with Gasteiger partial charge in [0.25, 0.3) is 0 Å². The second-order valence-electron chi connectivity index (χ2n) is 6.60. The molecule has 2 aromatic carbocycles. The van der Waals surface area contributed by atoms with Crippen LogP contribution in [-0.2, 0) is 17.9 Å². The van der Waals surface area contributed by atoms with E-state index in [9.17, 15) is 4.79 Å². The third-order valence-electron chi connectivity index (χ3n) is 4.79. The van der Waals surface area contributed by atoms with E-state index in [1.807, 2.05) is 35.2 Å². The molecule has 0 aromatic heterocycles. The van der Waals surface area contributed by atoms with E-state index in [0.717, 1.165) is 50.5 Å². The Morgan fingerprint density at radius 2 is 1.77 bits per heavy atom. The van der Waals surface area contributed by atoms with Crippen LogP contribution in [0.15, 0.2) is 48.5 Å². The zero-order valence-electron chi connectivity index (χ0n) is 15.1. The molecule has 0 atom stereocenters. The normalized spacial score (nSPS) is 14.7. The minimum absolute atomic E-state index is 0.161. The van der Waals surface area contributed by atoms with E-state index in [4.69, 9.17) is 5.26 Å². The molecule has 0 bridgehead atoms. The molecule has 0 saturated carbocycles. The maximum absolute atomic E-state index is 11.5. The van der Waals surface area contributed by atoms with Gasteiger partial charge in [-0.3, -0.25) is 9.69 Å². The minimum atomic E-state index is 0.161. The first-order chi connectivity index (χ1) is 12.7. The maximum Gasteiger partial charge on any atom is 0.219 e. The predicted molar refractivity (Wildman–Crippen MR) is 102 cm³/mol. The molecule has 2 aromatic rings. The quantitative estimate of drug-likeness (QED) is 0.903. The van der Waals surface area contributed by atoms with Crippen molar-refractivity contribution >= 4 is 11.6 Å². The second-order valence-corrected chi connectivity index (χ2v) is 6.60. The van der Waals surface area contributed by atoms with Gasteiger partial charge in [-0.15, -0.1) is 0 Å². The monoisotopic (exact) mass is 348 g/mol. The summed E-state index contributed by atoms with van der Waals surface area (Å²) in [5.74, 6) is 0.161. The first kappa shape index (κ1) is 18.0. The van der Waals surface area contributed by atoms with Gasteiger partial charge in [-0.25, -0.2) is 0 Å². The number of carbonyl (C=O) groups is 1. The van der Waals surface area contributed by atoms with Gasteiger partial charge in [0.1, 0.15) is 0 Å². The molecule has 1 heterocycles. The molecule has 5 heteroatoms. The summed E-state index contributed by atoms with van der Waals surface area (Å²) >= 11 is 0. The van der Waals surface area contributed by atoms with E-state index in [1.54, 1.807) is 6.92 Å². The lowest BCUT2D eigenvalue weighted by molar-refractivity contribution is -0.130. The Balaban J connectivity index is 1.59. The van der Waals surface area contributed by atoms with Crippen LogP contribution in [0.4, 0.5) is 5.69 Å². The summed E-state index contributed by atoms with van der Waals surface area (Å²) < 4.78 is 0. The molecule has 1 N–H and O–H groups in total. The average molecular weight is 348 g/mol. The Labute approximate surface area is 154 Å². The number of nitriles is 1. The fraction of sp³-hybridized carbons (Fsp3) is 0.333. The fourth-order valence-electron chi connectivity index (χ4n) is 3.19. The molecule has 0 spiro atoms. The molecule has 0 radical (unpaired) electrons. The Morgan fingerprint density at radius 1 is 1.08 bits per heavy atom. The van der Waals surface area contributed by atoms with E-state index >= 15 is 0 Å². The van der Waals surface area contributed by atoms with Gasteiger partial charge < -0.3 is 10.2 Å². The van der Waals surface area contributed by atoms with Gasteiger partial charge in [0.2, 0.25) is 5.91 Å². The van der Waals surface area contributed by atoms with Crippen LogP contribution in [0, 0.1) is 11.3 Å². The van der Waals surface area contributed by atoms with Gasteiger partial charge in [-0.1, -0.05) is 30.3 Å². The third-order valence-corrected chi connectivity index (χ3v) is 4.79. The highest BCUT2D eigenvalue weighted by Gasteiger charge is 2.19. The molecule has 3 rings (SSSR count). The first-order valence-electron chi connectivity index (χ1n) is 8.94. The smallest absolute Gasteiger partial charge is 0.219 e. The van der Waals surface area contributed by atoms with Crippen molar-refractivity contribution in [2.45, 2.75) is 20.0 Å². The Kier molecular flexibility index (Phi) is 5.88. The van der Waals surface area contributed by atoms with Crippen LogP contribution >= 0.6 is 0 Å². The minimum Gasteiger partial charge on any atom is -0.381 e. The average Bonchev–Trinajstić information content (AvgIpc) is 2.68. The molecule has 1 aliphatic heterocycles. The number of nitrogens with zero attached hydrogens (tertiary/aromatic N) is 3. The van der Waals surface area contributed by atoms with E-state index < -0.39 is 0 Å². The van der Waals surface area contributed by atoms with Crippen LogP contribution in [0.5, 0.6) is 0 Å².